The Balaban J connectivity index is 1.68. The van der Waals surface area contributed by atoms with Gasteiger partial charge in [-0.3, -0.25) is 14.4 Å². The number of aryl methyl sites for hydroxylation is 2. The summed E-state index contributed by atoms with van der Waals surface area (Å²) in [6.07, 6.45) is -2.14. The molecule has 0 radical (unpaired) electrons. The van der Waals surface area contributed by atoms with E-state index >= 15 is 0 Å². The Bertz CT molecular complexity index is 1200. The fraction of sp³-hybridized carbons (Fsp3) is 0.500. The second-order valence-electron chi connectivity index (χ2n) is 8.38. The van der Waals surface area contributed by atoms with Crippen LogP contribution in [0.15, 0.2) is 21.3 Å². The summed E-state index contributed by atoms with van der Waals surface area (Å²) in [6.45, 7) is 5.17. The predicted octanol–water partition coefficient (Wildman–Crippen LogP) is 2.12. The molecule has 0 unspecified atom stereocenters. The van der Waals surface area contributed by atoms with Crippen LogP contribution in [0.3, 0.4) is 0 Å². The molecule has 2 heterocycles. The maximum atomic E-state index is 12.4. The molecule has 1 aliphatic carbocycles. The maximum Gasteiger partial charge on any atom is 0.339 e. The molecule has 2 aromatic rings. The first-order valence-electron chi connectivity index (χ1n) is 11.0. The number of esters is 3. The van der Waals surface area contributed by atoms with Gasteiger partial charge in [0.1, 0.15) is 11.3 Å². The number of hydrogen-bond acceptors (Lipinski definition) is 10. The Morgan fingerprint density at radius 1 is 0.912 bits per heavy atom. The molecule has 34 heavy (non-hydrogen) atoms. The third-order valence-electron chi connectivity index (χ3n) is 5.89. The van der Waals surface area contributed by atoms with E-state index in [0.29, 0.717) is 28.9 Å². The Labute approximate surface area is 195 Å². The van der Waals surface area contributed by atoms with Crippen LogP contribution in [0.1, 0.15) is 43.9 Å². The van der Waals surface area contributed by atoms with E-state index in [1.54, 1.807) is 13.0 Å². The van der Waals surface area contributed by atoms with Crippen LogP contribution in [0.2, 0.25) is 0 Å². The topological polar surface area (TPSA) is 128 Å². The molecule has 4 rings (SSSR count). The standard InChI is InChI=1S/C24H26O10/c1-11-18(9-8-16-15-6-5-7-17(15)23(28)34-20(11)16)33-24-22(32-14(4)27)21(31-13(3)26)19(10-29-24)30-12(2)25/h8-9,19,21-22,24H,5-7,10H2,1-4H3/t19-,21+,22-,24-/m1/s1. The highest BCUT2D eigenvalue weighted by Crippen LogP contribution is 2.35. The summed E-state index contributed by atoms with van der Waals surface area (Å²) in [5, 5.41) is 0.853. The van der Waals surface area contributed by atoms with Gasteiger partial charge in [0.2, 0.25) is 12.4 Å². The summed E-state index contributed by atoms with van der Waals surface area (Å²) in [4.78, 5) is 47.5. The number of hydrogen-bond donors (Lipinski definition) is 0. The third-order valence-corrected chi connectivity index (χ3v) is 5.89. The molecule has 1 aromatic carbocycles. The third kappa shape index (κ3) is 4.63. The number of carbonyl (C=O) groups excluding carboxylic acids is 3. The quantitative estimate of drug-likeness (QED) is 0.361. The van der Waals surface area contributed by atoms with Gasteiger partial charge < -0.3 is 28.1 Å². The highest BCUT2D eigenvalue weighted by atomic mass is 16.7. The van der Waals surface area contributed by atoms with Crippen molar-refractivity contribution in [3.05, 3.63) is 39.2 Å². The molecule has 1 saturated heterocycles. The van der Waals surface area contributed by atoms with E-state index in [9.17, 15) is 19.2 Å². The van der Waals surface area contributed by atoms with Crippen molar-refractivity contribution < 1.29 is 42.5 Å². The highest BCUT2D eigenvalue weighted by Gasteiger charge is 2.48. The van der Waals surface area contributed by atoms with Crippen molar-refractivity contribution in [3.63, 3.8) is 0 Å². The van der Waals surface area contributed by atoms with Crippen LogP contribution in [0.4, 0.5) is 0 Å². The first-order valence-corrected chi connectivity index (χ1v) is 11.0. The summed E-state index contributed by atoms with van der Waals surface area (Å²) < 4.78 is 33.3. The van der Waals surface area contributed by atoms with E-state index in [2.05, 4.69) is 0 Å². The molecule has 0 N–H and O–H groups in total. The van der Waals surface area contributed by atoms with Gasteiger partial charge in [0.15, 0.2) is 12.2 Å². The maximum absolute atomic E-state index is 12.4. The van der Waals surface area contributed by atoms with Crippen LogP contribution in [0, 0.1) is 6.92 Å². The largest absolute Gasteiger partial charge is 0.460 e. The van der Waals surface area contributed by atoms with E-state index in [-0.39, 0.29) is 12.2 Å². The number of fused-ring (bicyclic) bond motifs is 3. The fourth-order valence-corrected chi connectivity index (χ4v) is 4.53. The Morgan fingerprint density at radius 3 is 2.24 bits per heavy atom. The van der Waals surface area contributed by atoms with Crippen LogP contribution in [-0.4, -0.2) is 49.1 Å². The number of benzene rings is 1. The molecule has 0 spiro atoms. The molecule has 182 valence electrons. The summed E-state index contributed by atoms with van der Waals surface area (Å²) in [5.74, 6) is -1.60. The number of carbonyl (C=O) groups is 3. The minimum Gasteiger partial charge on any atom is -0.460 e. The monoisotopic (exact) mass is 474 g/mol. The molecular formula is C24H26O10. The van der Waals surface area contributed by atoms with Gasteiger partial charge in [-0.25, -0.2) is 4.79 Å². The summed E-state index contributed by atoms with van der Waals surface area (Å²) >= 11 is 0. The lowest BCUT2D eigenvalue weighted by atomic mass is 10.0. The van der Waals surface area contributed by atoms with Gasteiger partial charge >= 0.3 is 23.5 Å². The molecule has 10 nitrogen and oxygen atoms in total. The van der Waals surface area contributed by atoms with Gasteiger partial charge in [0.05, 0.1) is 6.61 Å². The number of ether oxygens (including phenoxy) is 5. The molecule has 1 fully saturated rings. The lowest BCUT2D eigenvalue weighted by molar-refractivity contribution is -0.259. The normalized spacial score (nSPS) is 23.8. The van der Waals surface area contributed by atoms with Crippen LogP contribution in [-0.2, 0) is 46.2 Å². The summed E-state index contributed by atoms with van der Waals surface area (Å²) in [5.41, 5.74) is 2.34. The van der Waals surface area contributed by atoms with Crippen molar-refractivity contribution in [1.82, 2.24) is 0 Å². The molecule has 4 atom stereocenters. The average Bonchev–Trinajstić information content (AvgIpc) is 3.24. The molecule has 2 aliphatic rings. The zero-order chi connectivity index (χ0) is 24.6. The van der Waals surface area contributed by atoms with Gasteiger partial charge in [0, 0.05) is 37.3 Å². The Hall–Kier alpha value is -3.40. The van der Waals surface area contributed by atoms with Gasteiger partial charge in [-0.05, 0) is 43.9 Å². The minimum absolute atomic E-state index is 0.158. The van der Waals surface area contributed by atoms with Gasteiger partial charge in [-0.2, -0.15) is 0 Å². The summed E-state index contributed by atoms with van der Waals surface area (Å²) in [6, 6.07) is 3.54. The van der Waals surface area contributed by atoms with Gasteiger partial charge in [-0.1, -0.05) is 0 Å². The zero-order valence-corrected chi connectivity index (χ0v) is 19.4. The van der Waals surface area contributed by atoms with Crippen molar-refractivity contribution in [2.75, 3.05) is 6.61 Å². The molecule has 0 saturated carbocycles. The molecule has 1 aromatic heterocycles. The van der Waals surface area contributed by atoms with Crippen molar-refractivity contribution in [2.24, 2.45) is 0 Å². The molecule has 0 amide bonds. The first-order chi connectivity index (χ1) is 16.2. The first kappa shape index (κ1) is 23.7. The second-order valence-corrected chi connectivity index (χ2v) is 8.38. The van der Waals surface area contributed by atoms with Crippen molar-refractivity contribution in [1.29, 1.82) is 0 Å². The smallest absolute Gasteiger partial charge is 0.339 e. The number of rotatable bonds is 5. The average molecular weight is 474 g/mol. The van der Waals surface area contributed by atoms with Crippen molar-refractivity contribution >= 4 is 28.9 Å². The van der Waals surface area contributed by atoms with Crippen LogP contribution >= 0.6 is 0 Å². The van der Waals surface area contributed by atoms with Gasteiger partial charge in [-0.15, -0.1) is 0 Å². The van der Waals surface area contributed by atoms with E-state index in [0.717, 1.165) is 23.8 Å². The fourth-order valence-electron chi connectivity index (χ4n) is 4.53. The summed E-state index contributed by atoms with van der Waals surface area (Å²) in [7, 11) is 0. The van der Waals surface area contributed by atoms with Crippen LogP contribution < -0.4 is 10.4 Å². The van der Waals surface area contributed by atoms with Gasteiger partial charge in [0.25, 0.3) is 0 Å². The minimum atomic E-state index is -1.22. The van der Waals surface area contributed by atoms with Crippen molar-refractivity contribution in [2.45, 2.75) is 71.6 Å². The highest BCUT2D eigenvalue weighted by molar-refractivity contribution is 5.86. The van der Waals surface area contributed by atoms with E-state index in [1.807, 2.05) is 6.07 Å². The molecular weight excluding hydrogens is 448 g/mol. The predicted molar refractivity (Wildman–Crippen MR) is 116 cm³/mol. The van der Waals surface area contributed by atoms with Crippen molar-refractivity contribution in [3.8, 4) is 5.75 Å². The Morgan fingerprint density at radius 2 is 1.56 bits per heavy atom. The van der Waals surface area contributed by atoms with Crippen LogP contribution in [0.25, 0.3) is 11.0 Å². The van der Waals surface area contributed by atoms with E-state index < -0.39 is 42.5 Å². The van der Waals surface area contributed by atoms with E-state index in [1.165, 1.54) is 20.8 Å². The lowest BCUT2D eigenvalue weighted by Crippen LogP contribution is -2.59. The lowest BCUT2D eigenvalue weighted by Gasteiger charge is -2.40. The van der Waals surface area contributed by atoms with Crippen LogP contribution in [0.5, 0.6) is 5.75 Å². The molecule has 1 aliphatic heterocycles. The van der Waals surface area contributed by atoms with E-state index in [4.69, 9.17) is 28.1 Å². The second kappa shape index (κ2) is 9.46. The SMILES string of the molecule is CC(=O)O[C@@H]1[C@@H](OC(C)=O)[C@@H](Oc2ccc3c4c(c(=O)oc3c2C)CCC4)OC[C@H]1OC(C)=O. The molecule has 10 heteroatoms. The zero-order valence-electron chi connectivity index (χ0n) is 19.4. The molecule has 0 bridgehead atoms. The Kier molecular flexibility index (Phi) is 6.60.